The molecule has 1 aromatic heterocycles. The molecular formula is C18H26N4O7S. The minimum absolute atomic E-state index is 0.158. The van der Waals surface area contributed by atoms with Crippen molar-refractivity contribution in [1.29, 1.82) is 0 Å². The Balaban J connectivity index is 1.54. The van der Waals surface area contributed by atoms with Crippen molar-refractivity contribution in [3.8, 4) is 0 Å². The van der Waals surface area contributed by atoms with Crippen LogP contribution in [0.25, 0.3) is 0 Å². The number of rotatable bonds is 7. The van der Waals surface area contributed by atoms with Crippen LogP contribution in [-0.4, -0.2) is 91.8 Å². The van der Waals surface area contributed by atoms with Crippen LogP contribution in [0.2, 0.25) is 0 Å². The number of amides is 3. The SMILES string of the molecule is CCOC(=O)c1ccc(S(=O)(=O)N2CCN(CCN3C(=O)NC(C)(C)C3=O)CC2)o1. The number of furan rings is 1. The fraction of sp³-hybridized carbons (Fsp3) is 0.611. The lowest BCUT2D eigenvalue weighted by Crippen LogP contribution is -2.50. The molecule has 11 nitrogen and oxygen atoms in total. The Morgan fingerprint density at radius 1 is 1.17 bits per heavy atom. The molecule has 2 fully saturated rings. The summed E-state index contributed by atoms with van der Waals surface area (Å²) in [4.78, 5) is 39.0. The Hall–Kier alpha value is -2.44. The van der Waals surface area contributed by atoms with Crippen LogP contribution in [-0.2, 0) is 19.6 Å². The summed E-state index contributed by atoms with van der Waals surface area (Å²) in [6.45, 7) is 7.13. The Morgan fingerprint density at radius 3 is 2.40 bits per heavy atom. The monoisotopic (exact) mass is 442 g/mol. The molecule has 3 heterocycles. The minimum Gasteiger partial charge on any atom is -0.460 e. The zero-order valence-corrected chi connectivity index (χ0v) is 18.0. The summed E-state index contributed by atoms with van der Waals surface area (Å²) in [5, 5.41) is 2.33. The lowest BCUT2D eigenvalue weighted by molar-refractivity contribution is -0.130. The average Bonchev–Trinajstić information content (AvgIpc) is 3.25. The van der Waals surface area contributed by atoms with Crippen LogP contribution in [0.3, 0.4) is 0 Å². The highest BCUT2D eigenvalue weighted by Crippen LogP contribution is 2.21. The van der Waals surface area contributed by atoms with E-state index in [1.807, 2.05) is 4.90 Å². The number of hydrogen-bond acceptors (Lipinski definition) is 8. The molecule has 0 spiro atoms. The van der Waals surface area contributed by atoms with Gasteiger partial charge in [0.05, 0.1) is 6.61 Å². The van der Waals surface area contributed by atoms with E-state index in [0.29, 0.717) is 19.6 Å². The van der Waals surface area contributed by atoms with Crippen LogP contribution in [0, 0.1) is 0 Å². The van der Waals surface area contributed by atoms with Crippen molar-refractivity contribution in [2.75, 3.05) is 45.9 Å². The fourth-order valence-corrected chi connectivity index (χ4v) is 4.69. The highest BCUT2D eigenvalue weighted by atomic mass is 32.2. The van der Waals surface area contributed by atoms with E-state index in [9.17, 15) is 22.8 Å². The summed E-state index contributed by atoms with van der Waals surface area (Å²) >= 11 is 0. The second-order valence-electron chi connectivity index (χ2n) is 7.60. The topological polar surface area (TPSA) is 129 Å². The zero-order valence-electron chi connectivity index (χ0n) is 17.2. The first kappa shape index (κ1) is 22.2. The number of urea groups is 1. The second kappa shape index (κ2) is 8.36. The van der Waals surface area contributed by atoms with Gasteiger partial charge in [0.25, 0.3) is 15.9 Å². The maximum atomic E-state index is 12.8. The molecule has 30 heavy (non-hydrogen) atoms. The molecule has 2 aliphatic rings. The Bertz CT molecular complexity index is 932. The number of carbonyl (C=O) groups is 3. The fourth-order valence-electron chi connectivity index (χ4n) is 3.35. The predicted octanol–water partition coefficient (Wildman–Crippen LogP) is 0.0930. The van der Waals surface area contributed by atoms with Crippen LogP contribution in [0.1, 0.15) is 31.3 Å². The molecule has 0 radical (unpaired) electrons. The number of nitrogens with one attached hydrogen (secondary N) is 1. The van der Waals surface area contributed by atoms with Gasteiger partial charge in [-0.15, -0.1) is 0 Å². The Kier molecular flexibility index (Phi) is 6.20. The van der Waals surface area contributed by atoms with Gasteiger partial charge in [0.2, 0.25) is 10.9 Å². The standard InChI is InChI=1S/C18H26N4O7S/c1-4-28-15(23)13-5-6-14(29-13)30(26,27)21-10-7-20(8-11-21)9-12-22-16(24)18(2,3)19-17(22)25/h5-6H,4,7-12H2,1-3H3,(H,19,25). The highest BCUT2D eigenvalue weighted by molar-refractivity contribution is 7.89. The first-order chi connectivity index (χ1) is 14.1. The van der Waals surface area contributed by atoms with Gasteiger partial charge in [0.15, 0.2) is 0 Å². The number of hydrogen-bond donors (Lipinski definition) is 1. The van der Waals surface area contributed by atoms with Crippen molar-refractivity contribution >= 4 is 27.9 Å². The van der Waals surface area contributed by atoms with E-state index in [-0.39, 0.29) is 43.0 Å². The molecule has 0 atom stereocenters. The third kappa shape index (κ3) is 4.35. The molecule has 0 saturated carbocycles. The summed E-state index contributed by atoms with van der Waals surface area (Å²) in [6.07, 6.45) is 0. The Morgan fingerprint density at radius 2 is 1.83 bits per heavy atom. The summed E-state index contributed by atoms with van der Waals surface area (Å²) in [5.41, 5.74) is -0.907. The van der Waals surface area contributed by atoms with E-state index in [1.54, 1.807) is 20.8 Å². The lowest BCUT2D eigenvalue weighted by atomic mass is 10.1. The van der Waals surface area contributed by atoms with E-state index < -0.39 is 27.6 Å². The molecule has 3 rings (SSSR count). The molecule has 3 amide bonds. The molecule has 12 heteroatoms. The van der Waals surface area contributed by atoms with Crippen LogP contribution in [0.4, 0.5) is 4.79 Å². The van der Waals surface area contributed by atoms with E-state index in [0.717, 1.165) is 0 Å². The summed E-state index contributed by atoms with van der Waals surface area (Å²) in [5.74, 6) is -1.15. The van der Waals surface area contributed by atoms with Crippen molar-refractivity contribution < 1.29 is 32.0 Å². The van der Waals surface area contributed by atoms with E-state index in [1.165, 1.54) is 21.3 Å². The number of ether oxygens (including phenoxy) is 1. The number of piperazine rings is 1. The molecule has 0 aliphatic carbocycles. The van der Waals surface area contributed by atoms with Gasteiger partial charge >= 0.3 is 12.0 Å². The van der Waals surface area contributed by atoms with Crippen molar-refractivity contribution in [3.05, 3.63) is 17.9 Å². The van der Waals surface area contributed by atoms with Crippen molar-refractivity contribution in [1.82, 2.24) is 19.4 Å². The van der Waals surface area contributed by atoms with Crippen molar-refractivity contribution in [2.24, 2.45) is 0 Å². The maximum absolute atomic E-state index is 12.8. The van der Waals surface area contributed by atoms with Gasteiger partial charge < -0.3 is 14.5 Å². The van der Waals surface area contributed by atoms with Crippen LogP contribution in [0.15, 0.2) is 21.6 Å². The quantitative estimate of drug-likeness (QED) is 0.465. The van der Waals surface area contributed by atoms with Gasteiger partial charge in [0.1, 0.15) is 5.54 Å². The first-order valence-electron chi connectivity index (χ1n) is 9.70. The summed E-state index contributed by atoms with van der Waals surface area (Å²) in [6, 6.07) is 2.11. The first-order valence-corrected chi connectivity index (χ1v) is 11.1. The van der Waals surface area contributed by atoms with Crippen molar-refractivity contribution in [2.45, 2.75) is 31.4 Å². The number of nitrogens with zero attached hydrogens (tertiary/aromatic N) is 3. The second-order valence-corrected chi connectivity index (χ2v) is 9.47. The molecule has 2 aliphatic heterocycles. The minimum atomic E-state index is -3.87. The summed E-state index contributed by atoms with van der Waals surface area (Å²) in [7, 11) is -3.87. The van der Waals surface area contributed by atoms with E-state index >= 15 is 0 Å². The maximum Gasteiger partial charge on any atom is 0.374 e. The van der Waals surface area contributed by atoms with Crippen molar-refractivity contribution in [3.63, 3.8) is 0 Å². The molecule has 0 bridgehead atoms. The molecule has 1 aromatic rings. The smallest absolute Gasteiger partial charge is 0.374 e. The number of esters is 1. The number of sulfonamides is 1. The summed E-state index contributed by atoms with van der Waals surface area (Å²) < 4.78 is 36.8. The van der Waals surface area contributed by atoms with Gasteiger partial charge in [-0.3, -0.25) is 14.6 Å². The number of imide groups is 1. The highest BCUT2D eigenvalue weighted by Gasteiger charge is 2.44. The van der Waals surface area contributed by atoms with Gasteiger partial charge in [-0.2, -0.15) is 4.31 Å². The van der Waals surface area contributed by atoms with Gasteiger partial charge in [-0.1, -0.05) is 0 Å². The third-order valence-electron chi connectivity index (χ3n) is 5.07. The van der Waals surface area contributed by atoms with E-state index in [4.69, 9.17) is 9.15 Å². The van der Waals surface area contributed by atoms with Gasteiger partial charge in [-0.05, 0) is 32.9 Å². The van der Waals surface area contributed by atoms with Gasteiger partial charge in [-0.25, -0.2) is 18.0 Å². The largest absolute Gasteiger partial charge is 0.460 e. The molecule has 0 aromatic carbocycles. The molecule has 166 valence electrons. The molecule has 0 unspecified atom stereocenters. The van der Waals surface area contributed by atoms with Crippen LogP contribution < -0.4 is 5.32 Å². The number of carbonyl (C=O) groups excluding carboxylic acids is 3. The Labute approximate surface area is 175 Å². The third-order valence-corrected chi connectivity index (χ3v) is 6.84. The molecule has 1 N–H and O–H groups in total. The van der Waals surface area contributed by atoms with Crippen LogP contribution in [0.5, 0.6) is 0 Å². The van der Waals surface area contributed by atoms with Crippen LogP contribution >= 0.6 is 0 Å². The predicted molar refractivity (Wildman–Crippen MR) is 104 cm³/mol. The molecule has 2 saturated heterocycles. The zero-order chi connectivity index (χ0) is 22.1. The normalized spacial score (nSPS) is 20.4. The van der Waals surface area contributed by atoms with Gasteiger partial charge in [0, 0.05) is 39.3 Å². The lowest BCUT2D eigenvalue weighted by Gasteiger charge is -2.33. The average molecular weight is 442 g/mol. The molecular weight excluding hydrogens is 416 g/mol. The van der Waals surface area contributed by atoms with E-state index in [2.05, 4.69) is 5.32 Å².